The molecule has 0 bridgehead atoms. The molecule has 1 heterocycles. The topological polar surface area (TPSA) is 54.7 Å². The standard InChI is InChI=1S/C12H17N3/c1-4-12(3,13)10-6-9-7-14-15-11(9)5-8(10)2/h5-7H,4,13H2,1-3H3,(H,14,15)/t12-/m1/s1. The van der Waals surface area contributed by atoms with Crippen molar-refractivity contribution in [2.75, 3.05) is 0 Å². The average molecular weight is 203 g/mol. The number of hydrogen-bond acceptors (Lipinski definition) is 2. The number of aromatic amines is 1. The molecule has 3 nitrogen and oxygen atoms in total. The third kappa shape index (κ3) is 1.63. The van der Waals surface area contributed by atoms with Crippen LogP contribution in [0.3, 0.4) is 0 Å². The van der Waals surface area contributed by atoms with Crippen LogP contribution < -0.4 is 5.73 Å². The molecule has 2 aromatic rings. The minimum atomic E-state index is -0.254. The molecule has 0 aliphatic heterocycles. The lowest BCUT2D eigenvalue weighted by molar-refractivity contribution is 0.474. The summed E-state index contributed by atoms with van der Waals surface area (Å²) in [4.78, 5) is 0. The van der Waals surface area contributed by atoms with Gasteiger partial charge in [-0.25, -0.2) is 0 Å². The van der Waals surface area contributed by atoms with Gasteiger partial charge in [0.2, 0.25) is 0 Å². The third-order valence-electron chi connectivity index (χ3n) is 3.13. The van der Waals surface area contributed by atoms with Crippen LogP contribution in [0.1, 0.15) is 31.4 Å². The molecular weight excluding hydrogens is 186 g/mol. The number of nitrogens with zero attached hydrogens (tertiary/aromatic N) is 1. The summed E-state index contributed by atoms with van der Waals surface area (Å²) in [5.74, 6) is 0. The number of H-pyrrole nitrogens is 1. The van der Waals surface area contributed by atoms with E-state index in [4.69, 9.17) is 5.73 Å². The number of rotatable bonds is 2. The molecule has 0 saturated heterocycles. The van der Waals surface area contributed by atoms with Gasteiger partial charge in [0.15, 0.2) is 0 Å². The molecule has 2 rings (SSSR count). The van der Waals surface area contributed by atoms with Crippen molar-refractivity contribution in [2.45, 2.75) is 32.7 Å². The van der Waals surface area contributed by atoms with E-state index in [0.717, 1.165) is 17.3 Å². The fraction of sp³-hybridized carbons (Fsp3) is 0.417. The fourth-order valence-corrected chi connectivity index (χ4v) is 1.91. The summed E-state index contributed by atoms with van der Waals surface area (Å²) >= 11 is 0. The van der Waals surface area contributed by atoms with Crippen molar-refractivity contribution in [3.63, 3.8) is 0 Å². The number of aromatic nitrogens is 2. The van der Waals surface area contributed by atoms with Crippen molar-refractivity contribution in [2.24, 2.45) is 5.73 Å². The molecule has 15 heavy (non-hydrogen) atoms. The van der Waals surface area contributed by atoms with Crippen molar-refractivity contribution in [1.29, 1.82) is 0 Å². The second-order valence-corrected chi connectivity index (χ2v) is 4.40. The van der Waals surface area contributed by atoms with Gasteiger partial charge in [-0.3, -0.25) is 5.10 Å². The zero-order valence-electron chi connectivity index (χ0n) is 9.46. The van der Waals surface area contributed by atoms with Gasteiger partial charge in [0, 0.05) is 10.9 Å². The third-order valence-corrected chi connectivity index (χ3v) is 3.13. The second-order valence-electron chi connectivity index (χ2n) is 4.40. The molecule has 3 N–H and O–H groups in total. The number of nitrogens with one attached hydrogen (secondary N) is 1. The summed E-state index contributed by atoms with van der Waals surface area (Å²) in [6, 6.07) is 4.25. The molecule has 1 aromatic carbocycles. The van der Waals surface area contributed by atoms with E-state index >= 15 is 0 Å². The molecule has 0 amide bonds. The Morgan fingerprint density at radius 1 is 1.47 bits per heavy atom. The van der Waals surface area contributed by atoms with Crippen LogP contribution in [0.5, 0.6) is 0 Å². The SMILES string of the molecule is CC[C@@](C)(N)c1cc2cn[nH]c2cc1C. The van der Waals surface area contributed by atoms with Crippen molar-refractivity contribution in [3.8, 4) is 0 Å². The molecule has 0 aliphatic carbocycles. The van der Waals surface area contributed by atoms with Crippen LogP contribution in [0, 0.1) is 6.92 Å². The predicted octanol–water partition coefficient (Wildman–Crippen LogP) is 2.46. The van der Waals surface area contributed by atoms with E-state index in [9.17, 15) is 0 Å². The first-order valence-corrected chi connectivity index (χ1v) is 5.27. The van der Waals surface area contributed by atoms with Crippen LogP contribution in [0.2, 0.25) is 0 Å². The van der Waals surface area contributed by atoms with Gasteiger partial charge in [-0.2, -0.15) is 5.10 Å². The minimum absolute atomic E-state index is 0.254. The number of aryl methyl sites for hydroxylation is 1. The van der Waals surface area contributed by atoms with Gasteiger partial charge in [-0.15, -0.1) is 0 Å². The van der Waals surface area contributed by atoms with E-state index in [1.807, 2.05) is 6.20 Å². The van der Waals surface area contributed by atoms with Gasteiger partial charge >= 0.3 is 0 Å². The summed E-state index contributed by atoms with van der Waals surface area (Å²) in [6.07, 6.45) is 2.77. The lowest BCUT2D eigenvalue weighted by atomic mass is 9.86. The molecule has 1 atom stereocenters. The van der Waals surface area contributed by atoms with E-state index < -0.39 is 0 Å². The van der Waals surface area contributed by atoms with Crippen LogP contribution >= 0.6 is 0 Å². The number of fused-ring (bicyclic) bond motifs is 1. The van der Waals surface area contributed by atoms with Crippen molar-refractivity contribution in [3.05, 3.63) is 29.5 Å². The van der Waals surface area contributed by atoms with E-state index in [1.54, 1.807) is 0 Å². The van der Waals surface area contributed by atoms with Crippen LogP contribution in [0.25, 0.3) is 10.9 Å². The van der Waals surface area contributed by atoms with Gasteiger partial charge in [0.05, 0.1) is 11.7 Å². The van der Waals surface area contributed by atoms with E-state index in [1.165, 1.54) is 11.1 Å². The summed E-state index contributed by atoms with van der Waals surface area (Å²) in [5.41, 5.74) is 9.51. The van der Waals surface area contributed by atoms with Crippen molar-refractivity contribution < 1.29 is 0 Å². The van der Waals surface area contributed by atoms with Gasteiger partial charge in [-0.05, 0) is 43.5 Å². The lowest BCUT2D eigenvalue weighted by Gasteiger charge is -2.25. The highest BCUT2D eigenvalue weighted by molar-refractivity contribution is 5.80. The van der Waals surface area contributed by atoms with E-state index in [2.05, 4.69) is 43.1 Å². The molecule has 3 heteroatoms. The smallest absolute Gasteiger partial charge is 0.0653 e. The quantitative estimate of drug-likeness (QED) is 0.787. The maximum atomic E-state index is 6.27. The highest BCUT2D eigenvalue weighted by atomic mass is 15.1. The highest BCUT2D eigenvalue weighted by Gasteiger charge is 2.21. The molecule has 0 unspecified atom stereocenters. The van der Waals surface area contributed by atoms with E-state index in [0.29, 0.717) is 0 Å². The molecule has 0 radical (unpaired) electrons. The summed E-state index contributed by atoms with van der Waals surface area (Å²) < 4.78 is 0. The zero-order chi connectivity index (χ0) is 11.1. The first-order valence-electron chi connectivity index (χ1n) is 5.27. The second kappa shape index (κ2) is 3.35. The Bertz CT molecular complexity index is 483. The molecule has 0 spiro atoms. The normalized spacial score (nSPS) is 15.5. The van der Waals surface area contributed by atoms with Gasteiger partial charge in [0.1, 0.15) is 0 Å². The minimum Gasteiger partial charge on any atom is -0.322 e. The maximum absolute atomic E-state index is 6.27. The Morgan fingerprint density at radius 2 is 2.20 bits per heavy atom. The fourth-order valence-electron chi connectivity index (χ4n) is 1.91. The largest absolute Gasteiger partial charge is 0.322 e. The number of hydrogen-bond donors (Lipinski definition) is 2. The molecule has 0 saturated carbocycles. The van der Waals surface area contributed by atoms with Gasteiger partial charge in [0.25, 0.3) is 0 Å². The Morgan fingerprint density at radius 3 is 2.87 bits per heavy atom. The van der Waals surface area contributed by atoms with Gasteiger partial charge in [-0.1, -0.05) is 6.92 Å². The monoisotopic (exact) mass is 203 g/mol. The Labute approximate surface area is 89.7 Å². The molecule has 0 aliphatic rings. The maximum Gasteiger partial charge on any atom is 0.0653 e. The first-order chi connectivity index (χ1) is 7.04. The number of nitrogens with two attached hydrogens (primary N) is 1. The Hall–Kier alpha value is -1.35. The summed E-state index contributed by atoms with van der Waals surface area (Å²) in [7, 11) is 0. The number of benzene rings is 1. The molecule has 80 valence electrons. The van der Waals surface area contributed by atoms with Crippen LogP contribution in [-0.2, 0) is 5.54 Å². The zero-order valence-corrected chi connectivity index (χ0v) is 9.46. The van der Waals surface area contributed by atoms with Crippen LogP contribution in [0.4, 0.5) is 0 Å². The highest BCUT2D eigenvalue weighted by Crippen LogP contribution is 2.27. The Kier molecular flexibility index (Phi) is 2.27. The molecule has 1 aromatic heterocycles. The molecule has 0 fully saturated rings. The Balaban J connectivity index is 2.65. The van der Waals surface area contributed by atoms with Crippen molar-refractivity contribution in [1.82, 2.24) is 10.2 Å². The average Bonchev–Trinajstić information content (AvgIpc) is 2.63. The predicted molar refractivity (Wildman–Crippen MR) is 62.7 cm³/mol. The van der Waals surface area contributed by atoms with Crippen molar-refractivity contribution >= 4 is 10.9 Å². The lowest BCUT2D eigenvalue weighted by Crippen LogP contribution is -2.32. The van der Waals surface area contributed by atoms with E-state index in [-0.39, 0.29) is 5.54 Å². The van der Waals surface area contributed by atoms with Gasteiger partial charge < -0.3 is 5.73 Å². The van der Waals surface area contributed by atoms with Crippen LogP contribution in [0.15, 0.2) is 18.3 Å². The molecular formula is C12H17N3. The summed E-state index contributed by atoms with van der Waals surface area (Å²) in [6.45, 7) is 6.27. The first kappa shape index (κ1) is 10.2. The van der Waals surface area contributed by atoms with Crippen LogP contribution in [-0.4, -0.2) is 10.2 Å². The summed E-state index contributed by atoms with van der Waals surface area (Å²) in [5, 5.41) is 8.12.